The van der Waals surface area contributed by atoms with Gasteiger partial charge in [0.2, 0.25) is 18.4 Å². The van der Waals surface area contributed by atoms with Gasteiger partial charge in [-0.05, 0) is 156 Å². The van der Waals surface area contributed by atoms with Crippen LogP contribution in [0.1, 0.15) is 135 Å². The van der Waals surface area contributed by atoms with E-state index < -0.39 is 19.1 Å². The fraction of sp³-hybridized carbons (Fsp3) is 0.187. The maximum Gasteiger partial charge on any atom is 0.365 e. The Kier molecular flexibility index (Phi) is 22.6. The maximum absolute atomic E-state index is 14.2. The van der Waals surface area contributed by atoms with Gasteiger partial charge in [-0.25, -0.2) is 9.59 Å². The van der Waals surface area contributed by atoms with E-state index in [1.165, 1.54) is 6.92 Å². The number of oxime groups is 2. The molecule has 0 N–H and O–H groups in total. The van der Waals surface area contributed by atoms with Crippen LogP contribution in [-0.2, 0) is 25.6 Å². The topological polar surface area (TPSA) is 151 Å². The standard InChI is InChI=1S/C27H27NO3S.C26H24N2O3.C22H21O2P/c1-2-3-4-11-16-25(28-31-27(30)22-12-7-5-8-13-22)26(29)21-17-19-24(20-18-21)32-23-14-9-6-10-15-23;1-5-28-24-12-10-19(17(3)27-31-18(4)29)14-22(24)23-15-20(11-13-25(23)28)26(30)21-9-7-6-8-16(21)2;1-16-14-17(2)21(18(3)15-16)22(23)25(24,19-10-6-4-7-11-19)20-12-8-5-9-13-20/h5-10,12-15,17-20H,2-4,11,16H2,1H3;6-15H,5H2,1-4H3;4-15H,1-3H3/b28-25+;27-17+;. The first-order valence-electron chi connectivity index (χ1n) is 29.5. The first kappa shape index (κ1) is 64.6. The summed E-state index contributed by atoms with van der Waals surface area (Å²) < 4.78 is 16.4. The second-order valence-electron chi connectivity index (χ2n) is 21.3. The highest BCUT2D eigenvalue weighted by Gasteiger charge is 2.38. The van der Waals surface area contributed by atoms with Crippen LogP contribution in [0.2, 0.25) is 0 Å². The van der Waals surface area contributed by atoms with Crippen LogP contribution in [0.4, 0.5) is 0 Å². The molecule has 0 atom stereocenters. The fourth-order valence-electron chi connectivity index (χ4n) is 10.4. The third-order valence-electron chi connectivity index (χ3n) is 14.9. The number of rotatable bonds is 20. The van der Waals surface area contributed by atoms with E-state index in [2.05, 4.69) is 28.7 Å². The third kappa shape index (κ3) is 16.0. The van der Waals surface area contributed by atoms with E-state index in [0.29, 0.717) is 50.6 Å². The van der Waals surface area contributed by atoms with E-state index in [9.17, 15) is 28.5 Å². The number of Topliss-reactive ketones (excluding diaryl/α,β-unsaturated/α-hetero) is 1. The molecule has 10 aromatic rings. The number of benzene rings is 9. The molecule has 10 rings (SSSR count). The van der Waals surface area contributed by atoms with E-state index in [1.807, 2.05) is 185 Å². The maximum atomic E-state index is 14.2. The molecule has 9 aromatic carbocycles. The van der Waals surface area contributed by atoms with Gasteiger partial charge in [-0.15, -0.1) is 0 Å². The van der Waals surface area contributed by atoms with Crippen LogP contribution in [0.3, 0.4) is 0 Å². The molecule has 0 aliphatic heterocycles. The lowest BCUT2D eigenvalue weighted by Crippen LogP contribution is -2.23. The van der Waals surface area contributed by atoms with Crippen molar-refractivity contribution in [1.82, 2.24) is 4.57 Å². The molecule has 0 aliphatic rings. The molecule has 0 bridgehead atoms. The SMILES string of the molecule is CCCCCC/C(=N\OC(=O)c1ccccc1)C(=O)c1ccc(Sc2ccccc2)cc1.CCn1c2ccc(C(=O)c3ccccc3C)cc2c2cc(/C(C)=N/OC(C)=O)ccc21.Cc1cc(C)c(C(=O)P(=O)(c2ccccc2)c2ccccc2)c(C)c1. The van der Waals surface area contributed by atoms with Crippen LogP contribution in [0, 0.1) is 27.7 Å². The summed E-state index contributed by atoms with van der Waals surface area (Å²) in [6.07, 6.45) is 4.49. The summed E-state index contributed by atoms with van der Waals surface area (Å²) in [4.78, 5) is 75.3. The molecular formula is C75H72N3O8PS. The molecule has 13 heteroatoms. The highest BCUT2D eigenvalue weighted by Crippen LogP contribution is 2.48. The minimum atomic E-state index is -3.44. The minimum Gasteiger partial charge on any atom is -0.341 e. The number of fused-ring (bicyclic) bond motifs is 3. The van der Waals surface area contributed by atoms with Crippen molar-refractivity contribution in [2.75, 3.05) is 0 Å². The number of carbonyl (C=O) groups is 5. The smallest absolute Gasteiger partial charge is 0.341 e. The summed E-state index contributed by atoms with van der Waals surface area (Å²) in [7, 11) is -3.44. The van der Waals surface area contributed by atoms with E-state index in [0.717, 1.165) is 91.6 Å². The first-order chi connectivity index (χ1) is 42.5. The van der Waals surface area contributed by atoms with Crippen LogP contribution in [-0.4, -0.2) is 45.0 Å². The lowest BCUT2D eigenvalue weighted by molar-refractivity contribution is -0.140. The van der Waals surface area contributed by atoms with Crippen molar-refractivity contribution >= 4 is 91.8 Å². The molecule has 11 nitrogen and oxygen atoms in total. The molecular weight excluding hydrogens is 1130 g/mol. The van der Waals surface area contributed by atoms with E-state index in [4.69, 9.17) is 9.68 Å². The van der Waals surface area contributed by atoms with Crippen molar-refractivity contribution in [2.24, 2.45) is 10.3 Å². The van der Waals surface area contributed by atoms with Crippen LogP contribution in [0.5, 0.6) is 0 Å². The van der Waals surface area contributed by atoms with Gasteiger partial charge in [-0.3, -0.25) is 14.4 Å². The molecule has 0 aliphatic carbocycles. The predicted octanol–water partition coefficient (Wildman–Crippen LogP) is 17.6. The molecule has 1 aromatic heterocycles. The predicted molar refractivity (Wildman–Crippen MR) is 358 cm³/mol. The zero-order chi connectivity index (χ0) is 62.7. The van der Waals surface area contributed by atoms with Crippen LogP contribution < -0.4 is 10.6 Å². The fourth-order valence-corrected chi connectivity index (χ4v) is 13.9. The average Bonchev–Trinajstić information content (AvgIpc) is 1.52. The van der Waals surface area contributed by atoms with Crippen molar-refractivity contribution in [3.05, 3.63) is 274 Å². The van der Waals surface area contributed by atoms with Gasteiger partial charge in [0, 0.05) is 77.9 Å². The van der Waals surface area contributed by atoms with Gasteiger partial charge in [-0.1, -0.05) is 193 Å². The summed E-state index contributed by atoms with van der Waals surface area (Å²) in [5.74, 6) is -1.22. The Hall–Kier alpha value is -9.35. The molecule has 0 saturated heterocycles. The van der Waals surface area contributed by atoms with Crippen molar-refractivity contribution in [3.63, 3.8) is 0 Å². The summed E-state index contributed by atoms with van der Waals surface area (Å²) in [5.41, 5.74) is 10.3. The summed E-state index contributed by atoms with van der Waals surface area (Å²) in [6, 6.07) is 67.9. The van der Waals surface area contributed by atoms with E-state index in [-0.39, 0.29) is 22.8 Å². The van der Waals surface area contributed by atoms with Gasteiger partial charge in [0.25, 0.3) is 0 Å². The number of carbonyl (C=O) groups excluding carboxylic acids is 5. The number of ketones is 2. The van der Waals surface area contributed by atoms with Crippen LogP contribution in [0.25, 0.3) is 21.8 Å². The molecule has 0 unspecified atom stereocenters. The molecule has 0 fully saturated rings. The zero-order valence-corrected chi connectivity index (χ0v) is 52.7. The minimum absolute atomic E-state index is 0.0150. The van der Waals surface area contributed by atoms with Crippen LogP contribution in [0.15, 0.2) is 238 Å². The largest absolute Gasteiger partial charge is 0.365 e. The number of aromatic nitrogens is 1. The Labute approximate surface area is 519 Å². The monoisotopic (exact) mass is 1210 g/mol. The highest BCUT2D eigenvalue weighted by atomic mass is 32.2. The Morgan fingerprint density at radius 1 is 0.500 bits per heavy atom. The Morgan fingerprint density at radius 3 is 1.57 bits per heavy atom. The number of hydrogen-bond acceptors (Lipinski definition) is 11. The quantitative estimate of drug-likeness (QED) is 0.0181. The van der Waals surface area contributed by atoms with Crippen molar-refractivity contribution < 1.29 is 38.2 Å². The van der Waals surface area contributed by atoms with Gasteiger partial charge in [0.05, 0.1) is 11.3 Å². The van der Waals surface area contributed by atoms with Gasteiger partial charge in [-0.2, -0.15) is 0 Å². The molecule has 0 amide bonds. The summed E-state index contributed by atoms with van der Waals surface area (Å²) in [5, 5.41) is 11.1. The third-order valence-corrected chi connectivity index (χ3v) is 18.7. The molecule has 0 radical (unpaired) electrons. The van der Waals surface area contributed by atoms with E-state index in [1.54, 1.807) is 79.3 Å². The molecule has 1 heterocycles. The Bertz CT molecular complexity index is 4150. The summed E-state index contributed by atoms with van der Waals surface area (Å²) in [6.45, 7) is 15.9. The summed E-state index contributed by atoms with van der Waals surface area (Å²) >= 11 is 1.64. The number of nitrogens with zero attached hydrogens (tertiary/aromatic N) is 3. The van der Waals surface area contributed by atoms with Crippen molar-refractivity contribution in [2.45, 2.75) is 104 Å². The Morgan fingerprint density at radius 2 is 1.01 bits per heavy atom. The molecule has 88 heavy (non-hydrogen) atoms. The molecule has 0 spiro atoms. The second kappa shape index (κ2) is 30.8. The van der Waals surface area contributed by atoms with Gasteiger partial charge in [0.1, 0.15) is 5.71 Å². The van der Waals surface area contributed by atoms with Crippen molar-refractivity contribution in [1.29, 1.82) is 0 Å². The van der Waals surface area contributed by atoms with Crippen molar-refractivity contribution in [3.8, 4) is 0 Å². The highest BCUT2D eigenvalue weighted by molar-refractivity contribution is 7.99. The lowest BCUT2D eigenvalue weighted by atomic mass is 9.97. The second-order valence-corrected chi connectivity index (χ2v) is 25.1. The Balaban J connectivity index is 0.000000172. The number of unbranched alkanes of at least 4 members (excludes halogenated alkanes) is 3. The average molecular weight is 1210 g/mol. The zero-order valence-electron chi connectivity index (χ0n) is 51.0. The number of hydrogen-bond donors (Lipinski definition) is 0. The molecule has 0 saturated carbocycles. The van der Waals surface area contributed by atoms with E-state index >= 15 is 0 Å². The number of aryl methyl sites for hydroxylation is 5. The van der Waals surface area contributed by atoms with Crippen LogP contribution >= 0.6 is 18.9 Å². The first-order valence-corrected chi connectivity index (χ1v) is 32.0. The van der Waals surface area contributed by atoms with Gasteiger partial charge in [0.15, 0.2) is 5.78 Å². The lowest BCUT2D eigenvalue weighted by Gasteiger charge is -2.20. The molecule has 446 valence electrons. The van der Waals surface area contributed by atoms with Gasteiger partial charge >= 0.3 is 11.9 Å². The van der Waals surface area contributed by atoms with Gasteiger partial charge < -0.3 is 18.8 Å². The normalized spacial score (nSPS) is 11.5.